The molecule has 0 aromatic heterocycles. The van der Waals surface area contributed by atoms with E-state index in [0.29, 0.717) is 5.92 Å². The Morgan fingerprint density at radius 2 is 1.46 bits per heavy atom. The molecule has 0 spiro atoms. The number of rotatable bonds is 5. The first kappa shape index (κ1) is 18.7. The zero-order chi connectivity index (χ0) is 18.2. The van der Waals surface area contributed by atoms with Gasteiger partial charge in [-0.1, -0.05) is 68.7 Å². The van der Waals surface area contributed by atoms with Crippen molar-refractivity contribution in [3.63, 3.8) is 0 Å². The molecule has 26 heavy (non-hydrogen) atoms. The Bertz CT molecular complexity index is 722. The van der Waals surface area contributed by atoms with Gasteiger partial charge < -0.3 is 0 Å². The molecule has 0 bridgehead atoms. The minimum atomic E-state index is -0.198. The van der Waals surface area contributed by atoms with Gasteiger partial charge >= 0.3 is 0 Å². The van der Waals surface area contributed by atoms with Crippen molar-refractivity contribution in [1.82, 2.24) is 0 Å². The fourth-order valence-electron chi connectivity index (χ4n) is 3.85. The van der Waals surface area contributed by atoms with E-state index in [9.17, 15) is 4.39 Å². The minimum absolute atomic E-state index is 0.198. The molecule has 1 aliphatic rings. The SMILES string of the molecule is CCCCC[C@H]1CC[C@H](C#Cc2ccc(-c3ccc(F)cc3)cc2)CC1. The van der Waals surface area contributed by atoms with E-state index in [2.05, 4.69) is 43.0 Å². The third kappa shape index (κ3) is 5.46. The molecule has 1 fully saturated rings. The molecule has 0 N–H and O–H groups in total. The van der Waals surface area contributed by atoms with Gasteiger partial charge in [-0.25, -0.2) is 4.39 Å². The lowest BCUT2D eigenvalue weighted by atomic mass is 9.80. The van der Waals surface area contributed by atoms with E-state index < -0.39 is 0 Å². The van der Waals surface area contributed by atoms with Gasteiger partial charge in [-0.15, -0.1) is 0 Å². The number of unbranched alkanes of at least 4 members (excludes halogenated alkanes) is 2. The molecule has 0 unspecified atom stereocenters. The molecule has 0 heterocycles. The summed E-state index contributed by atoms with van der Waals surface area (Å²) in [4.78, 5) is 0. The molecule has 1 aliphatic carbocycles. The van der Waals surface area contributed by atoms with Crippen molar-refractivity contribution in [2.45, 2.75) is 58.3 Å². The molecule has 2 aromatic carbocycles. The van der Waals surface area contributed by atoms with Crippen LogP contribution in [0.2, 0.25) is 0 Å². The van der Waals surface area contributed by atoms with Crippen LogP contribution >= 0.6 is 0 Å². The van der Waals surface area contributed by atoms with E-state index in [1.165, 1.54) is 63.5 Å². The van der Waals surface area contributed by atoms with Crippen LogP contribution < -0.4 is 0 Å². The van der Waals surface area contributed by atoms with Gasteiger partial charge in [0.2, 0.25) is 0 Å². The normalized spacial score (nSPS) is 19.6. The Kier molecular flexibility index (Phi) is 6.89. The maximum atomic E-state index is 13.0. The van der Waals surface area contributed by atoms with Crippen molar-refractivity contribution in [3.05, 3.63) is 59.9 Å². The number of hydrogen-bond acceptors (Lipinski definition) is 0. The quantitative estimate of drug-likeness (QED) is 0.395. The number of benzene rings is 2. The van der Waals surface area contributed by atoms with E-state index in [4.69, 9.17) is 0 Å². The van der Waals surface area contributed by atoms with Crippen molar-refractivity contribution in [3.8, 4) is 23.0 Å². The van der Waals surface area contributed by atoms with Crippen LogP contribution in [0.5, 0.6) is 0 Å². The predicted octanol–water partition coefficient (Wildman–Crippen LogP) is 7.23. The summed E-state index contributed by atoms with van der Waals surface area (Å²) in [7, 11) is 0. The number of hydrogen-bond donors (Lipinski definition) is 0. The van der Waals surface area contributed by atoms with Gasteiger partial charge in [0.25, 0.3) is 0 Å². The molecule has 0 aliphatic heterocycles. The summed E-state index contributed by atoms with van der Waals surface area (Å²) in [5.74, 6) is 8.16. The van der Waals surface area contributed by atoms with Crippen LogP contribution in [-0.4, -0.2) is 0 Å². The average molecular weight is 349 g/mol. The van der Waals surface area contributed by atoms with E-state index in [1.54, 1.807) is 0 Å². The molecule has 0 atom stereocenters. The van der Waals surface area contributed by atoms with Crippen molar-refractivity contribution in [2.24, 2.45) is 11.8 Å². The molecular formula is C25H29F. The summed E-state index contributed by atoms with van der Waals surface area (Å²) in [5.41, 5.74) is 3.20. The Labute approximate surface area is 157 Å². The lowest BCUT2D eigenvalue weighted by Crippen LogP contribution is -2.13. The van der Waals surface area contributed by atoms with Gasteiger partial charge in [-0.3, -0.25) is 0 Å². The van der Waals surface area contributed by atoms with Gasteiger partial charge in [-0.05, 0) is 67.0 Å². The van der Waals surface area contributed by atoms with Crippen molar-refractivity contribution >= 4 is 0 Å². The van der Waals surface area contributed by atoms with Gasteiger partial charge in [0, 0.05) is 11.5 Å². The summed E-state index contributed by atoms with van der Waals surface area (Å²) in [6.45, 7) is 2.28. The van der Waals surface area contributed by atoms with E-state index >= 15 is 0 Å². The van der Waals surface area contributed by atoms with Crippen LogP contribution in [0.4, 0.5) is 4.39 Å². The van der Waals surface area contributed by atoms with Gasteiger partial charge in [0.1, 0.15) is 5.82 Å². The molecule has 3 rings (SSSR count). The molecule has 0 saturated heterocycles. The molecule has 0 amide bonds. The predicted molar refractivity (Wildman–Crippen MR) is 108 cm³/mol. The third-order valence-corrected chi connectivity index (χ3v) is 5.55. The van der Waals surface area contributed by atoms with E-state index in [-0.39, 0.29) is 5.82 Å². The zero-order valence-corrected chi connectivity index (χ0v) is 15.8. The second-order valence-electron chi connectivity index (χ2n) is 7.57. The highest BCUT2D eigenvalue weighted by Gasteiger charge is 2.19. The molecule has 0 radical (unpaired) electrons. The Morgan fingerprint density at radius 3 is 2.08 bits per heavy atom. The van der Waals surface area contributed by atoms with Crippen LogP contribution in [0.3, 0.4) is 0 Å². The topological polar surface area (TPSA) is 0 Å². The summed E-state index contributed by atoms with van der Waals surface area (Å²) in [6, 6.07) is 14.9. The largest absolute Gasteiger partial charge is 0.207 e. The van der Waals surface area contributed by atoms with Crippen LogP contribution in [0.15, 0.2) is 48.5 Å². The molecule has 1 saturated carbocycles. The fraction of sp³-hybridized carbons (Fsp3) is 0.440. The van der Waals surface area contributed by atoms with E-state index in [1.807, 2.05) is 12.1 Å². The maximum absolute atomic E-state index is 13.0. The minimum Gasteiger partial charge on any atom is -0.207 e. The standard InChI is InChI=1S/C25H29F/c1-2-3-4-5-20-6-8-21(9-7-20)10-11-22-12-14-23(15-13-22)24-16-18-25(26)19-17-24/h12-21H,2-9H2,1H3/t20-,21-. The van der Waals surface area contributed by atoms with Crippen LogP contribution in [0.25, 0.3) is 11.1 Å². The monoisotopic (exact) mass is 348 g/mol. The maximum Gasteiger partial charge on any atom is 0.123 e. The molecule has 2 aromatic rings. The highest BCUT2D eigenvalue weighted by atomic mass is 19.1. The lowest BCUT2D eigenvalue weighted by Gasteiger charge is -2.25. The Balaban J connectivity index is 1.52. The van der Waals surface area contributed by atoms with Gasteiger partial charge in [0.05, 0.1) is 0 Å². The van der Waals surface area contributed by atoms with Crippen LogP contribution in [-0.2, 0) is 0 Å². The molecule has 0 nitrogen and oxygen atoms in total. The fourth-order valence-corrected chi connectivity index (χ4v) is 3.85. The van der Waals surface area contributed by atoms with Crippen molar-refractivity contribution in [2.75, 3.05) is 0 Å². The second kappa shape index (κ2) is 9.58. The van der Waals surface area contributed by atoms with E-state index in [0.717, 1.165) is 22.6 Å². The number of halogens is 1. The Morgan fingerprint density at radius 1 is 0.846 bits per heavy atom. The summed E-state index contributed by atoms with van der Waals surface area (Å²) >= 11 is 0. The summed E-state index contributed by atoms with van der Waals surface area (Å²) < 4.78 is 13.0. The highest BCUT2D eigenvalue weighted by Crippen LogP contribution is 2.31. The van der Waals surface area contributed by atoms with Crippen LogP contribution in [0, 0.1) is 29.5 Å². The van der Waals surface area contributed by atoms with Crippen molar-refractivity contribution in [1.29, 1.82) is 0 Å². The third-order valence-electron chi connectivity index (χ3n) is 5.55. The average Bonchev–Trinajstić information content (AvgIpc) is 2.69. The summed E-state index contributed by atoms with van der Waals surface area (Å²) in [6.07, 6.45) is 10.7. The zero-order valence-electron chi connectivity index (χ0n) is 15.8. The van der Waals surface area contributed by atoms with Crippen LogP contribution in [0.1, 0.15) is 63.9 Å². The first-order chi connectivity index (χ1) is 12.7. The second-order valence-corrected chi connectivity index (χ2v) is 7.57. The molecular weight excluding hydrogens is 319 g/mol. The molecule has 136 valence electrons. The first-order valence-corrected chi connectivity index (χ1v) is 10.1. The summed E-state index contributed by atoms with van der Waals surface area (Å²) in [5, 5.41) is 0. The first-order valence-electron chi connectivity index (χ1n) is 10.1. The Hall–Kier alpha value is -2.07. The van der Waals surface area contributed by atoms with Gasteiger partial charge in [-0.2, -0.15) is 0 Å². The van der Waals surface area contributed by atoms with Gasteiger partial charge in [0.15, 0.2) is 0 Å². The molecule has 1 heteroatoms. The highest BCUT2D eigenvalue weighted by molar-refractivity contribution is 5.64. The lowest BCUT2D eigenvalue weighted by molar-refractivity contribution is 0.294. The van der Waals surface area contributed by atoms with Crippen molar-refractivity contribution < 1.29 is 4.39 Å². The smallest absolute Gasteiger partial charge is 0.123 e.